The summed E-state index contributed by atoms with van der Waals surface area (Å²) in [5.41, 5.74) is 2.26. The number of fused-ring (bicyclic) bond motifs is 1. The lowest BCUT2D eigenvalue weighted by atomic mass is 10.1. The van der Waals surface area contributed by atoms with E-state index in [2.05, 4.69) is 11.1 Å². The largest absolute Gasteiger partial charge is 0.496 e. The summed E-state index contributed by atoms with van der Waals surface area (Å²) in [5.74, 6) is 1.26. The second-order valence-electron chi connectivity index (χ2n) is 3.87. The number of benzene rings is 1. The van der Waals surface area contributed by atoms with Gasteiger partial charge in [-0.3, -0.25) is 0 Å². The Labute approximate surface area is 106 Å². The third-order valence-electron chi connectivity index (χ3n) is 2.86. The van der Waals surface area contributed by atoms with Gasteiger partial charge in [0, 0.05) is 10.9 Å². The topological polar surface area (TPSA) is 55.1 Å². The van der Waals surface area contributed by atoms with Crippen molar-refractivity contribution in [1.82, 2.24) is 4.98 Å². The highest BCUT2D eigenvalue weighted by atomic mass is 16.5. The Morgan fingerprint density at radius 3 is 2.56 bits per heavy atom. The number of methoxy groups -OCH3 is 2. The first kappa shape index (κ1) is 12.2. The van der Waals surface area contributed by atoms with Crippen LogP contribution in [0.4, 0.5) is 0 Å². The average molecular weight is 242 g/mol. The van der Waals surface area contributed by atoms with Gasteiger partial charge in [0.05, 0.1) is 31.4 Å². The van der Waals surface area contributed by atoms with Gasteiger partial charge in [-0.15, -0.1) is 0 Å². The predicted octanol–water partition coefficient (Wildman–Crippen LogP) is 2.69. The van der Waals surface area contributed by atoms with E-state index in [9.17, 15) is 0 Å². The zero-order valence-corrected chi connectivity index (χ0v) is 10.7. The molecule has 0 atom stereocenters. The third kappa shape index (κ3) is 1.95. The molecule has 4 heteroatoms. The highest BCUT2D eigenvalue weighted by Gasteiger charge is 2.11. The Hall–Kier alpha value is -2.28. The zero-order valence-electron chi connectivity index (χ0n) is 10.7. The van der Waals surface area contributed by atoms with Gasteiger partial charge >= 0.3 is 0 Å². The fraction of sp³-hybridized carbons (Fsp3) is 0.286. The van der Waals surface area contributed by atoms with Gasteiger partial charge in [0.2, 0.25) is 5.88 Å². The number of rotatable bonds is 3. The molecular formula is C14H14N2O2. The summed E-state index contributed by atoms with van der Waals surface area (Å²) in [6, 6.07) is 7.55. The molecule has 92 valence electrons. The molecule has 2 rings (SSSR count). The summed E-state index contributed by atoms with van der Waals surface area (Å²) in [6.45, 7) is 2.04. The van der Waals surface area contributed by atoms with Crippen molar-refractivity contribution in [3.8, 4) is 17.7 Å². The van der Waals surface area contributed by atoms with Crippen LogP contribution in [0.25, 0.3) is 10.9 Å². The first-order chi connectivity index (χ1) is 8.73. The van der Waals surface area contributed by atoms with Crippen LogP contribution in [0.15, 0.2) is 18.2 Å². The van der Waals surface area contributed by atoms with Crippen molar-refractivity contribution in [3.63, 3.8) is 0 Å². The minimum atomic E-state index is 0.526. The second kappa shape index (κ2) is 4.92. The number of nitriles is 1. The lowest BCUT2D eigenvalue weighted by molar-refractivity contribution is 0.394. The SMILES string of the molecule is CCc1cc2c(OC)cc(C#N)cc2nc1OC. The van der Waals surface area contributed by atoms with Crippen molar-refractivity contribution in [2.75, 3.05) is 14.2 Å². The first-order valence-corrected chi connectivity index (χ1v) is 5.69. The molecule has 0 radical (unpaired) electrons. The molecule has 0 unspecified atom stereocenters. The summed E-state index contributed by atoms with van der Waals surface area (Å²) >= 11 is 0. The quantitative estimate of drug-likeness (QED) is 0.830. The number of hydrogen-bond donors (Lipinski definition) is 0. The van der Waals surface area contributed by atoms with Gasteiger partial charge in [-0.05, 0) is 24.6 Å². The van der Waals surface area contributed by atoms with Gasteiger partial charge in [0.25, 0.3) is 0 Å². The molecule has 1 aromatic heterocycles. The summed E-state index contributed by atoms with van der Waals surface area (Å²) < 4.78 is 10.6. The molecule has 0 aliphatic rings. The van der Waals surface area contributed by atoms with Crippen LogP contribution in [0.2, 0.25) is 0 Å². The van der Waals surface area contributed by atoms with Crippen molar-refractivity contribution in [3.05, 3.63) is 29.3 Å². The molecule has 0 saturated carbocycles. The molecule has 4 nitrogen and oxygen atoms in total. The highest BCUT2D eigenvalue weighted by Crippen LogP contribution is 2.30. The normalized spacial score (nSPS) is 10.1. The molecule has 1 heterocycles. The van der Waals surface area contributed by atoms with Crippen molar-refractivity contribution in [2.24, 2.45) is 0 Å². The Morgan fingerprint density at radius 2 is 2.00 bits per heavy atom. The highest BCUT2D eigenvalue weighted by molar-refractivity contribution is 5.87. The minimum Gasteiger partial charge on any atom is -0.496 e. The molecule has 0 bridgehead atoms. The van der Waals surface area contributed by atoms with Crippen LogP contribution in [-0.4, -0.2) is 19.2 Å². The monoisotopic (exact) mass is 242 g/mol. The van der Waals surface area contributed by atoms with E-state index in [-0.39, 0.29) is 0 Å². The van der Waals surface area contributed by atoms with E-state index >= 15 is 0 Å². The fourth-order valence-corrected chi connectivity index (χ4v) is 1.93. The molecule has 0 aliphatic carbocycles. The van der Waals surface area contributed by atoms with Crippen LogP contribution < -0.4 is 9.47 Å². The molecule has 0 aliphatic heterocycles. The summed E-state index contributed by atoms with van der Waals surface area (Å²) in [6.07, 6.45) is 0.829. The summed E-state index contributed by atoms with van der Waals surface area (Å²) in [4.78, 5) is 4.43. The van der Waals surface area contributed by atoms with Crippen molar-refractivity contribution < 1.29 is 9.47 Å². The van der Waals surface area contributed by atoms with Crippen LogP contribution >= 0.6 is 0 Å². The third-order valence-corrected chi connectivity index (χ3v) is 2.86. The molecule has 18 heavy (non-hydrogen) atoms. The summed E-state index contributed by atoms with van der Waals surface area (Å²) in [7, 11) is 3.19. The maximum absolute atomic E-state index is 8.98. The Balaban J connectivity index is 2.79. The lowest BCUT2D eigenvalue weighted by Gasteiger charge is -2.10. The number of pyridine rings is 1. The lowest BCUT2D eigenvalue weighted by Crippen LogP contribution is -1.97. The van der Waals surface area contributed by atoms with Crippen molar-refractivity contribution in [2.45, 2.75) is 13.3 Å². The number of hydrogen-bond acceptors (Lipinski definition) is 4. The van der Waals surface area contributed by atoms with Gasteiger partial charge in [-0.25, -0.2) is 4.98 Å². The first-order valence-electron chi connectivity index (χ1n) is 5.69. The second-order valence-corrected chi connectivity index (χ2v) is 3.87. The van der Waals surface area contributed by atoms with Crippen LogP contribution in [-0.2, 0) is 6.42 Å². The fourth-order valence-electron chi connectivity index (χ4n) is 1.93. The maximum atomic E-state index is 8.98. The van der Waals surface area contributed by atoms with E-state index in [1.165, 1.54) is 0 Å². The van der Waals surface area contributed by atoms with Gasteiger partial charge in [-0.2, -0.15) is 5.26 Å². The van der Waals surface area contributed by atoms with E-state index in [1.807, 2.05) is 13.0 Å². The standard InChI is InChI=1S/C14H14N2O2/c1-4-10-7-11-12(16-14(10)18-3)5-9(8-15)6-13(11)17-2/h5-7H,4H2,1-3H3. The van der Waals surface area contributed by atoms with E-state index in [4.69, 9.17) is 14.7 Å². The Bertz CT molecular complexity index is 630. The molecule has 0 N–H and O–H groups in total. The van der Waals surface area contributed by atoms with Crippen LogP contribution in [0, 0.1) is 11.3 Å². The van der Waals surface area contributed by atoms with Crippen molar-refractivity contribution >= 4 is 10.9 Å². The molecule has 0 spiro atoms. The molecule has 0 amide bonds. The van der Waals surface area contributed by atoms with Crippen LogP contribution in [0.5, 0.6) is 11.6 Å². The van der Waals surface area contributed by atoms with Gasteiger partial charge in [-0.1, -0.05) is 6.92 Å². The van der Waals surface area contributed by atoms with E-state index in [0.29, 0.717) is 22.7 Å². The zero-order chi connectivity index (χ0) is 13.1. The number of aryl methyl sites for hydroxylation is 1. The van der Waals surface area contributed by atoms with E-state index in [0.717, 1.165) is 17.4 Å². The number of nitrogens with zero attached hydrogens (tertiary/aromatic N) is 2. The maximum Gasteiger partial charge on any atom is 0.216 e. The number of ether oxygens (including phenoxy) is 2. The van der Waals surface area contributed by atoms with Gasteiger partial charge in [0.15, 0.2) is 0 Å². The Morgan fingerprint density at radius 1 is 1.22 bits per heavy atom. The number of aromatic nitrogens is 1. The summed E-state index contributed by atoms with van der Waals surface area (Å²) in [5, 5.41) is 9.88. The van der Waals surface area contributed by atoms with Crippen LogP contribution in [0.3, 0.4) is 0 Å². The van der Waals surface area contributed by atoms with E-state index < -0.39 is 0 Å². The van der Waals surface area contributed by atoms with E-state index in [1.54, 1.807) is 26.4 Å². The smallest absolute Gasteiger partial charge is 0.216 e. The molecular weight excluding hydrogens is 228 g/mol. The Kier molecular flexibility index (Phi) is 3.33. The minimum absolute atomic E-state index is 0.526. The van der Waals surface area contributed by atoms with Crippen molar-refractivity contribution in [1.29, 1.82) is 5.26 Å². The van der Waals surface area contributed by atoms with Crippen LogP contribution in [0.1, 0.15) is 18.1 Å². The molecule has 0 saturated heterocycles. The van der Waals surface area contributed by atoms with Gasteiger partial charge < -0.3 is 9.47 Å². The average Bonchev–Trinajstić information content (AvgIpc) is 2.44. The molecule has 2 aromatic rings. The molecule has 1 aromatic carbocycles. The predicted molar refractivity (Wildman–Crippen MR) is 68.9 cm³/mol. The molecule has 0 fully saturated rings. The van der Waals surface area contributed by atoms with Gasteiger partial charge in [0.1, 0.15) is 5.75 Å².